The van der Waals surface area contributed by atoms with Gasteiger partial charge >= 0.3 is 5.97 Å². The maximum Gasteiger partial charge on any atom is 0.313 e. The molecule has 1 atom stereocenters. The van der Waals surface area contributed by atoms with Crippen LogP contribution in [0.25, 0.3) is 0 Å². The van der Waals surface area contributed by atoms with Crippen LogP contribution in [-0.4, -0.2) is 44.7 Å². The van der Waals surface area contributed by atoms with Crippen LogP contribution < -0.4 is 0 Å². The molecule has 1 saturated heterocycles. The zero-order valence-corrected chi connectivity index (χ0v) is 10.9. The molecule has 1 aliphatic heterocycles. The zero-order valence-electron chi connectivity index (χ0n) is 10.1. The van der Waals surface area contributed by atoms with E-state index >= 15 is 0 Å². The molecule has 1 aromatic rings. The molecule has 2 N–H and O–H groups in total. The molecule has 0 amide bonds. The van der Waals surface area contributed by atoms with Gasteiger partial charge in [0.05, 0.1) is 11.9 Å². The average Bonchev–Trinajstić information content (AvgIpc) is 2.83. The van der Waals surface area contributed by atoms with Gasteiger partial charge in [-0.25, -0.2) is 4.98 Å². The third-order valence-corrected chi connectivity index (χ3v) is 3.65. The fourth-order valence-corrected chi connectivity index (χ4v) is 2.45. The normalized spacial score (nSPS) is 19.9. The number of aliphatic carboxylic acids is 1. The molecule has 0 saturated carbocycles. The lowest BCUT2D eigenvalue weighted by atomic mass is 10.0. The van der Waals surface area contributed by atoms with E-state index in [0.29, 0.717) is 11.3 Å². The molecule has 0 spiro atoms. The highest BCUT2D eigenvalue weighted by Crippen LogP contribution is 2.18. The molecule has 1 aliphatic rings. The van der Waals surface area contributed by atoms with E-state index in [0.717, 1.165) is 49.9 Å². The van der Waals surface area contributed by atoms with Gasteiger partial charge in [-0.15, -0.1) is 5.10 Å². The fourth-order valence-electron chi connectivity index (χ4n) is 1.91. The summed E-state index contributed by atoms with van der Waals surface area (Å²) in [6.07, 6.45) is 5.59. The molecule has 2 heterocycles. The number of nitrogens with zero attached hydrogens (tertiary/aromatic N) is 2. The molecule has 18 heavy (non-hydrogen) atoms. The summed E-state index contributed by atoms with van der Waals surface area (Å²) in [5.74, 6) is -0.0673. The van der Waals surface area contributed by atoms with E-state index in [1.807, 2.05) is 0 Å². The first-order valence-electron chi connectivity index (χ1n) is 6.11. The Morgan fingerprint density at radius 3 is 3.17 bits per heavy atom. The van der Waals surface area contributed by atoms with E-state index < -0.39 is 5.97 Å². The van der Waals surface area contributed by atoms with Crippen molar-refractivity contribution in [2.75, 3.05) is 12.4 Å². The van der Waals surface area contributed by atoms with Crippen LogP contribution in [0.3, 0.4) is 0 Å². The Labute approximate surface area is 110 Å². The van der Waals surface area contributed by atoms with E-state index in [2.05, 4.69) is 15.2 Å². The molecule has 1 unspecified atom stereocenters. The Morgan fingerprint density at radius 1 is 1.56 bits per heavy atom. The summed E-state index contributed by atoms with van der Waals surface area (Å²) in [6.45, 7) is 0.862. The first-order chi connectivity index (χ1) is 8.74. The summed E-state index contributed by atoms with van der Waals surface area (Å²) in [6, 6.07) is 0. The van der Waals surface area contributed by atoms with Gasteiger partial charge < -0.3 is 9.84 Å². The van der Waals surface area contributed by atoms with Crippen molar-refractivity contribution in [1.29, 1.82) is 0 Å². The number of nitrogens with one attached hydrogen (secondary N) is 1. The molecule has 0 aliphatic carbocycles. The Bertz CT molecular complexity index is 391. The van der Waals surface area contributed by atoms with Crippen LogP contribution in [0, 0.1) is 0 Å². The lowest BCUT2D eigenvalue weighted by molar-refractivity contribution is -0.133. The number of hydrogen-bond acceptors (Lipinski definition) is 5. The largest absolute Gasteiger partial charge is 0.481 e. The summed E-state index contributed by atoms with van der Waals surface area (Å²) in [5.41, 5.74) is 0. The minimum atomic E-state index is -0.859. The third-order valence-electron chi connectivity index (χ3n) is 2.81. The van der Waals surface area contributed by atoms with E-state index in [1.165, 1.54) is 6.42 Å². The molecule has 7 heteroatoms. The van der Waals surface area contributed by atoms with Gasteiger partial charge in [-0.1, -0.05) is 11.8 Å². The Morgan fingerprint density at radius 2 is 2.44 bits per heavy atom. The van der Waals surface area contributed by atoms with Crippen LogP contribution in [-0.2, 0) is 16.0 Å². The van der Waals surface area contributed by atoms with Crippen molar-refractivity contribution in [3.63, 3.8) is 0 Å². The smallest absolute Gasteiger partial charge is 0.313 e. The summed E-state index contributed by atoms with van der Waals surface area (Å²) < 4.78 is 5.64. The van der Waals surface area contributed by atoms with Crippen molar-refractivity contribution in [3.8, 4) is 0 Å². The quantitative estimate of drug-likeness (QED) is 0.762. The van der Waals surface area contributed by atoms with Crippen molar-refractivity contribution >= 4 is 17.7 Å². The molecular formula is C11H17N3O3S. The lowest BCUT2D eigenvalue weighted by Crippen LogP contribution is -2.19. The number of H-pyrrole nitrogens is 1. The minimum absolute atomic E-state index is 0.0109. The molecule has 2 rings (SSSR count). The predicted molar refractivity (Wildman–Crippen MR) is 66.7 cm³/mol. The van der Waals surface area contributed by atoms with Gasteiger partial charge in [0, 0.05) is 13.0 Å². The van der Waals surface area contributed by atoms with E-state index in [-0.39, 0.29) is 5.75 Å². The number of carbonyl (C=O) groups is 1. The van der Waals surface area contributed by atoms with Gasteiger partial charge in [0.25, 0.3) is 0 Å². The van der Waals surface area contributed by atoms with Crippen molar-refractivity contribution in [2.45, 2.75) is 43.4 Å². The number of aryl methyl sites for hydroxylation is 1. The Hall–Kier alpha value is -1.08. The molecule has 1 aromatic heterocycles. The van der Waals surface area contributed by atoms with E-state index in [4.69, 9.17) is 9.84 Å². The van der Waals surface area contributed by atoms with Crippen LogP contribution in [0.15, 0.2) is 5.16 Å². The number of rotatable bonds is 6. The van der Waals surface area contributed by atoms with Crippen LogP contribution in [0.2, 0.25) is 0 Å². The lowest BCUT2D eigenvalue weighted by Gasteiger charge is -2.21. The molecule has 0 aromatic carbocycles. The molecule has 1 fully saturated rings. The number of thioether (sulfide) groups is 1. The minimum Gasteiger partial charge on any atom is -0.481 e. The van der Waals surface area contributed by atoms with Crippen LogP contribution in [0.4, 0.5) is 0 Å². The predicted octanol–water partition coefficient (Wildman–Crippen LogP) is 1.48. The monoisotopic (exact) mass is 271 g/mol. The van der Waals surface area contributed by atoms with Crippen LogP contribution >= 0.6 is 11.8 Å². The maximum absolute atomic E-state index is 10.4. The van der Waals surface area contributed by atoms with Gasteiger partial charge in [-0.05, 0) is 25.7 Å². The molecule has 0 radical (unpaired) electrons. The second kappa shape index (κ2) is 6.75. The van der Waals surface area contributed by atoms with Gasteiger partial charge in [-0.3, -0.25) is 9.89 Å². The molecule has 0 bridgehead atoms. The van der Waals surface area contributed by atoms with Crippen molar-refractivity contribution < 1.29 is 14.6 Å². The highest BCUT2D eigenvalue weighted by molar-refractivity contribution is 7.99. The van der Waals surface area contributed by atoms with Crippen molar-refractivity contribution in [3.05, 3.63) is 5.82 Å². The van der Waals surface area contributed by atoms with Crippen LogP contribution in [0.5, 0.6) is 0 Å². The summed E-state index contributed by atoms with van der Waals surface area (Å²) in [5, 5.41) is 15.9. The number of carboxylic acids is 1. The summed E-state index contributed by atoms with van der Waals surface area (Å²) in [7, 11) is 0. The second-order valence-electron chi connectivity index (χ2n) is 4.27. The number of carboxylic acid groups (broad SMARTS) is 1. The highest BCUT2D eigenvalue weighted by atomic mass is 32.2. The molecule has 100 valence electrons. The van der Waals surface area contributed by atoms with Gasteiger partial charge in [-0.2, -0.15) is 0 Å². The topological polar surface area (TPSA) is 88.1 Å². The fraction of sp³-hybridized carbons (Fsp3) is 0.727. The number of aromatic amines is 1. The van der Waals surface area contributed by atoms with Crippen molar-refractivity contribution in [2.24, 2.45) is 0 Å². The van der Waals surface area contributed by atoms with Crippen molar-refractivity contribution in [1.82, 2.24) is 15.2 Å². The van der Waals surface area contributed by atoms with E-state index in [1.54, 1.807) is 0 Å². The zero-order chi connectivity index (χ0) is 12.8. The second-order valence-corrected chi connectivity index (χ2v) is 5.22. The van der Waals surface area contributed by atoms with Gasteiger partial charge in [0.2, 0.25) is 5.16 Å². The number of ether oxygens (including phenoxy) is 1. The number of aromatic nitrogens is 3. The first kappa shape index (κ1) is 13.4. The van der Waals surface area contributed by atoms with Crippen LogP contribution in [0.1, 0.15) is 31.5 Å². The summed E-state index contributed by atoms with van der Waals surface area (Å²) >= 11 is 1.13. The maximum atomic E-state index is 10.4. The SMILES string of the molecule is O=C(O)CSc1n[nH]c(CCC2CCCCO2)n1. The van der Waals surface area contributed by atoms with Gasteiger partial charge in [0.1, 0.15) is 5.82 Å². The Balaban J connectivity index is 1.73. The van der Waals surface area contributed by atoms with E-state index in [9.17, 15) is 4.79 Å². The van der Waals surface area contributed by atoms with Gasteiger partial charge in [0.15, 0.2) is 0 Å². The summed E-state index contributed by atoms with van der Waals surface area (Å²) in [4.78, 5) is 14.7. The molecular weight excluding hydrogens is 254 g/mol. The number of hydrogen-bond donors (Lipinski definition) is 2. The average molecular weight is 271 g/mol. The highest BCUT2D eigenvalue weighted by Gasteiger charge is 2.14. The Kier molecular flexibility index (Phi) is 5.00. The first-order valence-corrected chi connectivity index (χ1v) is 7.10. The standard InChI is InChI=1S/C11H17N3O3S/c15-10(16)7-18-11-12-9(13-14-11)5-4-8-3-1-2-6-17-8/h8H,1-7H2,(H,15,16)(H,12,13,14). The molecule has 6 nitrogen and oxygen atoms in total. The third kappa shape index (κ3) is 4.30.